The summed E-state index contributed by atoms with van der Waals surface area (Å²) >= 11 is 3.56. The van der Waals surface area contributed by atoms with Crippen LogP contribution in [0.1, 0.15) is 39.2 Å². The standard InChI is InChI=1S/C34H43BrFN8O3P/c1-7-21-16-26(28(47-4)17-27(21)43-14-10-22(11-15-43)44-19-34(36,20-44)33(2,3)45)41-32-39-18-23(35)31(42-32)40-25-9-8-24-29(38-13-12-37-24)30(25)48(5,6)46/h8-9,12-13,16-18,22,45H,7,10-11,14-15,19-20H2,1-6H3,(H2,39,40,41,42). The SMILES string of the molecule is CCc1cc(Nc2ncc(Br)c(Nc3ccc4nccnc4c3P(C)(C)=O)n2)c(OC)cc1N1CCC(N2CC(F)(C(C)(C)O)C2)CC1. The smallest absolute Gasteiger partial charge is 0.229 e. The number of nitrogens with one attached hydrogen (secondary N) is 2. The Balaban J connectivity index is 1.20. The number of anilines is 5. The summed E-state index contributed by atoms with van der Waals surface area (Å²) in [7, 11) is -1.12. The number of aryl methyl sites for hydroxylation is 1. The molecule has 0 unspecified atom stereocenters. The molecule has 6 rings (SSSR count). The van der Waals surface area contributed by atoms with E-state index in [1.54, 1.807) is 52.9 Å². The molecule has 0 bridgehead atoms. The third-order valence-corrected chi connectivity index (χ3v) is 11.6. The molecule has 0 amide bonds. The highest BCUT2D eigenvalue weighted by atomic mass is 79.9. The minimum Gasteiger partial charge on any atom is -0.494 e. The van der Waals surface area contributed by atoms with E-state index in [0.717, 1.165) is 49.3 Å². The number of nitrogens with zero attached hydrogens (tertiary/aromatic N) is 6. The van der Waals surface area contributed by atoms with Gasteiger partial charge >= 0.3 is 0 Å². The van der Waals surface area contributed by atoms with Gasteiger partial charge in [0.1, 0.15) is 24.2 Å². The first-order valence-electron chi connectivity index (χ1n) is 16.2. The Morgan fingerprint density at radius 2 is 1.81 bits per heavy atom. The highest BCUT2D eigenvalue weighted by Gasteiger charge is 2.55. The van der Waals surface area contributed by atoms with Gasteiger partial charge in [-0.05, 0) is 86.1 Å². The maximum Gasteiger partial charge on any atom is 0.229 e. The zero-order valence-electron chi connectivity index (χ0n) is 28.2. The Hall–Kier alpha value is -3.38. The summed E-state index contributed by atoms with van der Waals surface area (Å²) in [5, 5.41) is 17.5. The topological polar surface area (TPSA) is 129 Å². The highest BCUT2D eigenvalue weighted by molar-refractivity contribution is 9.10. The summed E-state index contributed by atoms with van der Waals surface area (Å²) in [5.41, 5.74) is 2.03. The van der Waals surface area contributed by atoms with Crippen LogP contribution in [-0.4, -0.2) is 93.9 Å². The first-order valence-corrected chi connectivity index (χ1v) is 19.6. The number of aromatic nitrogens is 4. The Morgan fingerprint density at radius 1 is 1.10 bits per heavy atom. The number of hydrogen-bond acceptors (Lipinski definition) is 11. The molecule has 2 fully saturated rings. The van der Waals surface area contributed by atoms with Gasteiger partial charge in [0.2, 0.25) is 5.95 Å². The molecule has 0 spiro atoms. The van der Waals surface area contributed by atoms with Crippen molar-refractivity contribution in [3.05, 3.63) is 52.9 Å². The van der Waals surface area contributed by atoms with Gasteiger partial charge in [0, 0.05) is 62.6 Å². The van der Waals surface area contributed by atoms with Gasteiger partial charge in [-0.25, -0.2) is 9.37 Å². The molecule has 2 saturated heterocycles. The number of ether oxygens (including phenoxy) is 1. The first kappa shape index (κ1) is 34.5. The lowest BCUT2D eigenvalue weighted by molar-refractivity contribution is -0.170. The van der Waals surface area contributed by atoms with Crippen molar-refractivity contribution in [3.8, 4) is 5.75 Å². The van der Waals surface area contributed by atoms with Crippen molar-refractivity contribution in [1.82, 2.24) is 24.8 Å². The number of rotatable bonds is 10. The van der Waals surface area contributed by atoms with E-state index in [1.807, 2.05) is 12.1 Å². The maximum atomic E-state index is 15.0. The molecule has 2 aliphatic heterocycles. The van der Waals surface area contributed by atoms with Gasteiger partial charge in [0.05, 0.1) is 39.4 Å². The van der Waals surface area contributed by atoms with Gasteiger partial charge in [-0.3, -0.25) is 14.9 Å². The van der Waals surface area contributed by atoms with Crippen molar-refractivity contribution < 1.29 is 18.8 Å². The van der Waals surface area contributed by atoms with Crippen LogP contribution >= 0.6 is 23.1 Å². The molecular weight excluding hydrogens is 698 g/mol. The van der Waals surface area contributed by atoms with Crippen molar-refractivity contribution in [1.29, 1.82) is 0 Å². The van der Waals surface area contributed by atoms with Crippen LogP contribution < -0.4 is 25.6 Å². The van der Waals surface area contributed by atoms with E-state index >= 15 is 4.39 Å². The Bertz CT molecular complexity index is 1870. The maximum absolute atomic E-state index is 15.0. The van der Waals surface area contributed by atoms with E-state index in [0.29, 0.717) is 50.1 Å². The summed E-state index contributed by atoms with van der Waals surface area (Å²) in [6.07, 6.45) is 7.54. The van der Waals surface area contributed by atoms with Gasteiger partial charge in [0.15, 0.2) is 5.67 Å². The first-order chi connectivity index (χ1) is 22.7. The van der Waals surface area contributed by atoms with E-state index in [1.165, 1.54) is 0 Å². The lowest BCUT2D eigenvalue weighted by atomic mass is 9.79. The van der Waals surface area contributed by atoms with Crippen molar-refractivity contribution in [2.45, 2.75) is 57.3 Å². The summed E-state index contributed by atoms with van der Waals surface area (Å²) in [4.78, 5) is 22.7. The van der Waals surface area contributed by atoms with Crippen LogP contribution in [0, 0.1) is 0 Å². The number of piperidine rings is 1. The van der Waals surface area contributed by atoms with Gasteiger partial charge in [0.25, 0.3) is 0 Å². The number of fused-ring (bicyclic) bond motifs is 1. The number of hydrogen-bond donors (Lipinski definition) is 3. The fourth-order valence-electron chi connectivity index (χ4n) is 6.60. The number of methoxy groups -OCH3 is 1. The van der Waals surface area contributed by atoms with E-state index in [-0.39, 0.29) is 13.1 Å². The second-order valence-electron chi connectivity index (χ2n) is 13.6. The summed E-state index contributed by atoms with van der Waals surface area (Å²) in [5.74, 6) is 1.51. The molecular formula is C34H43BrFN8O3P. The van der Waals surface area contributed by atoms with E-state index in [2.05, 4.69) is 70.4 Å². The molecule has 0 radical (unpaired) electrons. The minimum atomic E-state index is -2.76. The van der Waals surface area contributed by atoms with Crippen LogP contribution in [0.2, 0.25) is 0 Å². The highest BCUT2D eigenvalue weighted by Crippen LogP contribution is 2.43. The molecule has 0 aliphatic carbocycles. The van der Waals surface area contributed by atoms with Crippen molar-refractivity contribution in [2.75, 3.05) is 62.2 Å². The monoisotopic (exact) mass is 740 g/mol. The number of benzene rings is 2. The number of likely N-dealkylation sites (tertiary alicyclic amines) is 1. The van der Waals surface area contributed by atoms with Crippen LogP contribution in [0.15, 0.2) is 47.3 Å². The molecule has 4 heterocycles. The average Bonchev–Trinajstić information content (AvgIpc) is 3.03. The second kappa shape index (κ2) is 13.2. The molecule has 48 heavy (non-hydrogen) atoms. The molecule has 14 heteroatoms. The largest absolute Gasteiger partial charge is 0.494 e. The Kier molecular flexibility index (Phi) is 9.45. The molecule has 11 nitrogen and oxygen atoms in total. The van der Waals surface area contributed by atoms with Crippen LogP contribution in [0.4, 0.5) is 33.2 Å². The summed E-state index contributed by atoms with van der Waals surface area (Å²) in [6.45, 7) is 10.9. The molecule has 256 valence electrons. The van der Waals surface area contributed by atoms with E-state index < -0.39 is 18.4 Å². The molecule has 2 aromatic carbocycles. The van der Waals surface area contributed by atoms with Gasteiger partial charge in [-0.2, -0.15) is 4.98 Å². The van der Waals surface area contributed by atoms with Crippen LogP contribution in [-0.2, 0) is 11.0 Å². The van der Waals surface area contributed by atoms with E-state index in [4.69, 9.17) is 9.72 Å². The Labute approximate surface area is 289 Å². The summed E-state index contributed by atoms with van der Waals surface area (Å²) < 4.78 is 34.9. The molecule has 3 N–H and O–H groups in total. The van der Waals surface area contributed by atoms with E-state index in [9.17, 15) is 9.67 Å². The number of aliphatic hydroxyl groups is 1. The average molecular weight is 742 g/mol. The van der Waals surface area contributed by atoms with Crippen molar-refractivity contribution >= 4 is 68.2 Å². The van der Waals surface area contributed by atoms with Crippen molar-refractivity contribution in [3.63, 3.8) is 0 Å². The number of halogens is 2. The third kappa shape index (κ3) is 6.75. The minimum absolute atomic E-state index is 0.279. The van der Waals surface area contributed by atoms with Crippen LogP contribution in [0.5, 0.6) is 5.75 Å². The zero-order valence-corrected chi connectivity index (χ0v) is 30.7. The van der Waals surface area contributed by atoms with Gasteiger partial charge in [-0.1, -0.05) is 6.92 Å². The fraction of sp³-hybridized carbons (Fsp3) is 0.471. The third-order valence-electron chi connectivity index (χ3n) is 9.50. The fourth-order valence-corrected chi connectivity index (χ4v) is 8.29. The second-order valence-corrected chi connectivity index (χ2v) is 17.6. The molecule has 2 aliphatic rings. The molecule has 0 saturated carbocycles. The van der Waals surface area contributed by atoms with Crippen LogP contribution in [0.3, 0.4) is 0 Å². The van der Waals surface area contributed by atoms with Crippen molar-refractivity contribution in [2.24, 2.45) is 0 Å². The molecule has 2 aromatic heterocycles. The van der Waals surface area contributed by atoms with Gasteiger partial charge < -0.3 is 29.9 Å². The molecule has 0 atom stereocenters. The van der Waals surface area contributed by atoms with Crippen LogP contribution in [0.25, 0.3) is 11.0 Å². The lowest BCUT2D eigenvalue weighted by Gasteiger charge is -2.54. The quantitative estimate of drug-likeness (QED) is 0.160. The summed E-state index contributed by atoms with van der Waals surface area (Å²) in [6, 6.07) is 8.14. The lowest BCUT2D eigenvalue weighted by Crippen LogP contribution is -2.71. The predicted octanol–water partition coefficient (Wildman–Crippen LogP) is 6.25. The molecule has 4 aromatic rings. The zero-order chi connectivity index (χ0) is 34.4. The van der Waals surface area contributed by atoms with Gasteiger partial charge in [-0.15, -0.1) is 0 Å². The Morgan fingerprint density at radius 3 is 2.46 bits per heavy atom. The normalized spacial score (nSPS) is 17.3. The number of alkyl halides is 1. The predicted molar refractivity (Wildman–Crippen MR) is 194 cm³/mol.